The molecular formula is C22H15NO3. The molecular weight excluding hydrogens is 326 g/mol. The maximum atomic E-state index is 11.9. The van der Waals surface area contributed by atoms with Gasteiger partial charge in [0.2, 0.25) is 0 Å². The van der Waals surface area contributed by atoms with Crippen LogP contribution in [0.15, 0.2) is 78.9 Å². The first-order chi connectivity index (χ1) is 12.6. The molecule has 3 aromatic carbocycles. The van der Waals surface area contributed by atoms with E-state index in [0.29, 0.717) is 11.3 Å². The van der Waals surface area contributed by atoms with Gasteiger partial charge in [0.15, 0.2) is 0 Å². The SMILES string of the molecule is N#Cc1ccc(-c2ccc(OC(=O)C=Cc3ccc(O)cc3)cc2)cc1. The van der Waals surface area contributed by atoms with E-state index in [2.05, 4.69) is 6.07 Å². The van der Waals surface area contributed by atoms with E-state index >= 15 is 0 Å². The third-order valence-electron chi connectivity index (χ3n) is 3.73. The number of nitriles is 1. The number of ether oxygens (including phenoxy) is 1. The molecule has 26 heavy (non-hydrogen) atoms. The Bertz CT molecular complexity index is 964. The normalized spacial score (nSPS) is 10.4. The molecule has 0 aliphatic rings. The summed E-state index contributed by atoms with van der Waals surface area (Å²) in [7, 11) is 0. The minimum absolute atomic E-state index is 0.173. The Balaban J connectivity index is 1.64. The molecule has 0 saturated heterocycles. The summed E-state index contributed by atoms with van der Waals surface area (Å²) in [5.74, 6) is 0.138. The first-order valence-corrected chi connectivity index (χ1v) is 7.93. The summed E-state index contributed by atoms with van der Waals surface area (Å²) < 4.78 is 5.27. The topological polar surface area (TPSA) is 70.3 Å². The zero-order valence-electron chi connectivity index (χ0n) is 13.8. The van der Waals surface area contributed by atoms with Gasteiger partial charge in [-0.3, -0.25) is 0 Å². The highest BCUT2D eigenvalue weighted by atomic mass is 16.5. The van der Waals surface area contributed by atoms with Crippen molar-refractivity contribution < 1.29 is 14.6 Å². The highest BCUT2D eigenvalue weighted by Crippen LogP contribution is 2.23. The van der Waals surface area contributed by atoms with Crippen LogP contribution in [-0.4, -0.2) is 11.1 Å². The number of benzene rings is 3. The average molecular weight is 341 g/mol. The fraction of sp³-hybridized carbons (Fsp3) is 0. The van der Waals surface area contributed by atoms with Gasteiger partial charge in [0.25, 0.3) is 0 Å². The van der Waals surface area contributed by atoms with Crippen molar-refractivity contribution in [3.8, 4) is 28.7 Å². The minimum Gasteiger partial charge on any atom is -0.508 e. The summed E-state index contributed by atoms with van der Waals surface area (Å²) in [6.07, 6.45) is 2.95. The number of nitrogens with zero attached hydrogens (tertiary/aromatic N) is 1. The minimum atomic E-state index is -0.482. The molecule has 0 saturated carbocycles. The molecule has 0 bridgehead atoms. The van der Waals surface area contributed by atoms with Gasteiger partial charge < -0.3 is 9.84 Å². The quantitative estimate of drug-likeness (QED) is 0.429. The van der Waals surface area contributed by atoms with Gasteiger partial charge in [-0.2, -0.15) is 5.26 Å². The van der Waals surface area contributed by atoms with Crippen molar-refractivity contribution in [3.63, 3.8) is 0 Å². The zero-order chi connectivity index (χ0) is 18.4. The second-order valence-electron chi connectivity index (χ2n) is 5.56. The van der Waals surface area contributed by atoms with E-state index in [1.807, 2.05) is 24.3 Å². The van der Waals surface area contributed by atoms with E-state index in [4.69, 9.17) is 10.00 Å². The van der Waals surface area contributed by atoms with Gasteiger partial charge in [0, 0.05) is 6.08 Å². The summed E-state index contributed by atoms with van der Waals surface area (Å²) in [4.78, 5) is 11.9. The first-order valence-electron chi connectivity index (χ1n) is 7.93. The average Bonchev–Trinajstić information content (AvgIpc) is 2.68. The molecule has 4 nitrogen and oxygen atoms in total. The highest BCUT2D eigenvalue weighted by Gasteiger charge is 2.03. The molecule has 0 radical (unpaired) electrons. The molecule has 4 heteroatoms. The van der Waals surface area contributed by atoms with Crippen molar-refractivity contribution >= 4 is 12.0 Å². The zero-order valence-corrected chi connectivity index (χ0v) is 13.8. The smallest absolute Gasteiger partial charge is 0.336 e. The molecule has 3 rings (SSSR count). The Labute approximate surface area is 151 Å². The third kappa shape index (κ3) is 4.37. The van der Waals surface area contributed by atoms with Crippen LogP contribution < -0.4 is 4.74 Å². The molecule has 126 valence electrons. The Morgan fingerprint density at radius 3 is 2.04 bits per heavy atom. The summed E-state index contributed by atoms with van der Waals surface area (Å²) >= 11 is 0. The lowest BCUT2D eigenvalue weighted by Gasteiger charge is -2.04. The van der Waals surface area contributed by atoms with Crippen LogP contribution in [0.4, 0.5) is 0 Å². The molecule has 0 aliphatic carbocycles. The van der Waals surface area contributed by atoms with Crippen LogP contribution in [0.2, 0.25) is 0 Å². The summed E-state index contributed by atoms with van der Waals surface area (Å²) in [6, 6.07) is 23.0. The summed E-state index contributed by atoms with van der Waals surface area (Å²) in [6.45, 7) is 0. The van der Waals surface area contributed by atoms with Gasteiger partial charge >= 0.3 is 5.97 Å². The fourth-order valence-electron chi connectivity index (χ4n) is 2.35. The second kappa shape index (κ2) is 7.82. The maximum Gasteiger partial charge on any atom is 0.336 e. The molecule has 0 amide bonds. The van der Waals surface area contributed by atoms with Crippen LogP contribution in [0.1, 0.15) is 11.1 Å². The first kappa shape index (κ1) is 17.0. The van der Waals surface area contributed by atoms with Crippen LogP contribution in [0.25, 0.3) is 17.2 Å². The van der Waals surface area contributed by atoms with Gasteiger partial charge in [-0.05, 0) is 59.2 Å². The molecule has 3 aromatic rings. The van der Waals surface area contributed by atoms with Crippen LogP contribution >= 0.6 is 0 Å². The Morgan fingerprint density at radius 2 is 1.46 bits per heavy atom. The maximum absolute atomic E-state index is 11.9. The number of hydrogen-bond acceptors (Lipinski definition) is 4. The molecule has 1 N–H and O–H groups in total. The number of phenolic OH excluding ortho intramolecular Hbond substituents is 1. The number of phenols is 1. The highest BCUT2D eigenvalue weighted by molar-refractivity contribution is 5.88. The van der Waals surface area contributed by atoms with E-state index in [9.17, 15) is 9.90 Å². The van der Waals surface area contributed by atoms with Gasteiger partial charge in [-0.15, -0.1) is 0 Å². The summed E-state index contributed by atoms with van der Waals surface area (Å²) in [5, 5.41) is 18.1. The number of carbonyl (C=O) groups is 1. The van der Waals surface area contributed by atoms with Crippen LogP contribution in [0.3, 0.4) is 0 Å². The van der Waals surface area contributed by atoms with Crippen LogP contribution in [0, 0.1) is 11.3 Å². The molecule has 0 atom stereocenters. The molecule has 0 unspecified atom stereocenters. The Hall–Kier alpha value is -3.84. The lowest BCUT2D eigenvalue weighted by Crippen LogP contribution is -2.03. The lowest BCUT2D eigenvalue weighted by molar-refractivity contribution is -0.128. The van der Waals surface area contributed by atoms with Gasteiger partial charge in [-0.25, -0.2) is 4.79 Å². The molecule has 0 aromatic heterocycles. The Morgan fingerprint density at radius 1 is 0.885 bits per heavy atom. The summed E-state index contributed by atoms with van der Waals surface area (Å²) in [5.41, 5.74) is 3.35. The number of esters is 1. The molecule has 0 heterocycles. The number of aromatic hydroxyl groups is 1. The van der Waals surface area contributed by atoms with Crippen molar-refractivity contribution in [2.24, 2.45) is 0 Å². The van der Waals surface area contributed by atoms with Crippen molar-refractivity contribution in [3.05, 3.63) is 90.0 Å². The van der Waals surface area contributed by atoms with E-state index in [-0.39, 0.29) is 5.75 Å². The molecule has 0 fully saturated rings. The van der Waals surface area contributed by atoms with Crippen molar-refractivity contribution in [1.82, 2.24) is 0 Å². The van der Waals surface area contributed by atoms with E-state index < -0.39 is 5.97 Å². The number of hydrogen-bond donors (Lipinski definition) is 1. The van der Waals surface area contributed by atoms with Gasteiger partial charge in [0.1, 0.15) is 11.5 Å². The van der Waals surface area contributed by atoms with Crippen molar-refractivity contribution in [1.29, 1.82) is 5.26 Å². The van der Waals surface area contributed by atoms with Crippen LogP contribution in [-0.2, 0) is 4.79 Å². The monoisotopic (exact) mass is 341 g/mol. The number of carbonyl (C=O) groups excluding carboxylic acids is 1. The standard InChI is InChI=1S/C22H15NO3/c23-15-17-1-6-18(7-2-17)19-8-12-21(13-9-19)26-22(25)14-5-16-3-10-20(24)11-4-16/h1-14,24H. The van der Waals surface area contributed by atoms with Crippen molar-refractivity contribution in [2.75, 3.05) is 0 Å². The van der Waals surface area contributed by atoms with Crippen LogP contribution in [0.5, 0.6) is 11.5 Å². The van der Waals surface area contributed by atoms with E-state index in [0.717, 1.165) is 16.7 Å². The van der Waals surface area contributed by atoms with Gasteiger partial charge in [-0.1, -0.05) is 36.4 Å². The molecule has 0 spiro atoms. The third-order valence-corrected chi connectivity index (χ3v) is 3.73. The Kier molecular flexibility index (Phi) is 5.11. The number of rotatable bonds is 4. The second-order valence-corrected chi connectivity index (χ2v) is 5.56. The lowest BCUT2D eigenvalue weighted by atomic mass is 10.0. The van der Waals surface area contributed by atoms with E-state index in [1.165, 1.54) is 6.08 Å². The van der Waals surface area contributed by atoms with Gasteiger partial charge in [0.05, 0.1) is 11.6 Å². The molecule has 0 aliphatic heterocycles. The fourth-order valence-corrected chi connectivity index (χ4v) is 2.35. The van der Waals surface area contributed by atoms with Crippen molar-refractivity contribution in [2.45, 2.75) is 0 Å². The predicted molar refractivity (Wildman–Crippen MR) is 99.4 cm³/mol. The largest absolute Gasteiger partial charge is 0.508 e. The van der Waals surface area contributed by atoms with E-state index in [1.54, 1.807) is 54.6 Å². The predicted octanol–water partition coefficient (Wildman–Crippen LogP) is 4.55.